The number of nitrogens with one attached hydrogen (secondary N) is 1. The molecule has 2 heterocycles. The van der Waals surface area contributed by atoms with Crippen LogP contribution in [-0.4, -0.2) is 49.1 Å². The van der Waals surface area contributed by atoms with Gasteiger partial charge in [0, 0.05) is 37.9 Å². The van der Waals surface area contributed by atoms with Crippen LogP contribution in [0.3, 0.4) is 0 Å². The van der Waals surface area contributed by atoms with Gasteiger partial charge in [-0.2, -0.15) is 0 Å². The molecule has 1 aromatic carbocycles. The molecule has 0 amide bonds. The van der Waals surface area contributed by atoms with Crippen molar-refractivity contribution in [3.8, 4) is 0 Å². The van der Waals surface area contributed by atoms with Gasteiger partial charge in [-0.25, -0.2) is 18.5 Å². The average Bonchev–Trinajstić information content (AvgIpc) is 2.62. The van der Waals surface area contributed by atoms with Gasteiger partial charge in [-0.3, -0.25) is 4.90 Å². The number of sulfonamides is 1. The SMILES string of the molecule is Cc1cc(NC2CN(Cc3ccccc3)CCC2CO)ncc1S(N)(=O)=O. The van der Waals surface area contributed by atoms with Crippen LogP contribution in [0.2, 0.25) is 0 Å². The van der Waals surface area contributed by atoms with E-state index in [1.807, 2.05) is 18.2 Å². The molecule has 1 aliphatic rings. The number of piperidine rings is 1. The fourth-order valence-corrected chi connectivity index (χ4v) is 4.25. The molecule has 8 heteroatoms. The fraction of sp³-hybridized carbons (Fsp3) is 0.421. The van der Waals surface area contributed by atoms with E-state index in [1.165, 1.54) is 11.8 Å². The van der Waals surface area contributed by atoms with Crippen molar-refractivity contribution in [3.05, 3.63) is 53.7 Å². The normalized spacial score (nSPS) is 21.1. The molecule has 0 bridgehead atoms. The number of aliphatic hydroxyl groups excluding tert-OH is 1. The smallest absolute Gasteiger partial charge is 0.239 e. The van der Waals surface area contributed by atoms with Gasteiger partial charge in [0.1, 0.15) is 10.7 Å². The van der Waals surface area contributed by atoms with Gasteiger partial charge in [-0.05, 0) is 37.1 Å². The molecule has 2 aromatic rings. The molecule has 3 rings (SSSR count). The van der Waals surface area contributed by atoms with Crippen molar-refractivity contribution in [1.82, 2.24) is 9.88 Å². The molecule has 7 nitrogen and oxygen atoms in total. The summed E-state index contributed by atoms with van der Waals surface area (Å²) >= 11 is 0. The summed E-state index contributed by atoms with van der Waals surface area (Å²) in [6.07, 6.45) is 2.17. The van der Waals surface area contributed by atoms with Gasteiger partial charge in [0.05, 0.1) is 0 Å². The standard InChI is InChI=1S/C19H26N4O3S/c1-14-9-19(21-10-18(14)27(20,25)26)22-17-12-23(8-7-16(17)13-24)11-15-5-3-2-4-6-15/h2-6,9-10,16-17,24H,7-8,11-13H2,1H3,(H,21,22)(H2,20,25,26). The first-order chi connectivity index (χ1) is 12.9. The summed E-state index contributed by atoms with van der Waals surface area (Å²) in [5, 5.41) is 18.3. The van der Waals surface area contributed by atoms with E-state index >= 15 is 0 Å². The number of aliphatic hydroxyl groups is 1. The molecule has 0 radical (unpaired) electrons. The number of benzene rings is 1. The summed E-state index contributed by atoms with van der Waals surface area (Å²) in [6.45, 7) is 4.35. The lowest BCUT2D eigenvalue weighted by Crippen LogP contribution is -2.48. The number of nitrogens with two attached hydrogens (primary N) is 1. The van der Waals surface area contributed by atoms with Gasteiger partial charge in [-0.15, -0.1) is 0 Å². The van der Waals surface area contributed by atoms with Crippen molar-refractivity contribution < 1.29 is 13.5 Å². The Hall–Kier alpha value is -2.00. The van der Waals surface area contributed by atoms with Gasteiger partial charge in [0.25, 0.3) is 0 Å². The lowest BCUT2D eigenvalue weighted by Gasteiger charge is -2.38. The van der Waals surface area contributed by atoms with Crippen LogP contribution in [0, 0.1) is 12.8 Å². The monoisotopic (exact) mass is 390 g/mol. The maximum absolute atomic E-state index is 11.5. The lowest BCUT2D eigenvalue weighted by molar-refractivity contribution is 0.115. The van der Waals surface area contributed by atoms with Crippen LogP contribution in [-0.2, 0) is 16.6 Å². The highest BCUT2D eigenvalue weighted by Crippen LogP contribution is 2.23. The van der Waals surface area contributed by atoms with Crippen LogP contribution in [0.4, 0.5) is 5.82 Å². The Kier molecular flexibility index (Phi) is 6.11. The quantitative estimate of drug-likeness (QED) is 0.687. The van der Waals surface area contributed by atoms with E-state index in [1.54, 1.807) is 13.0 Å². The molecule has 1 aromatic heterocycles. The molecular formula is C19H26N4O3S. The summed E-state index contributed by atoms with van der Waals surface area (Å²) in [5.74, 6) is 0.710. The maximum atomic E-state index is 11.5. The lowest BCUT2D eigenvalue weighted by atomic mass is 9.92. The van der Waals surface area contributed by atoms with E-state index < -0.39 is 10.0 Å². The zero-order valence-corrected chi connectivity index (χ0v) is 16.2. The molecule has 2 atom stereocenters. The van der Waals surface area contributed by atoms with E-state index in [4.69, 9.17) is 5.14 Å². The summed E-state index contributed by atoms with van der Waals surface area (Å²) in [5.41, 5.74) is 1.80. The number of rotatable bonds is 6. The van der Waals surface area contributed by atoms with Crippen molar-refractivity contribution in [2.45, 2.75) is 30.8 Å². The molecule has 27 heavy (non-hydrogen) atoms. The van der Waals surface area contributed by atoms with Crippen LogP contribution in [0.25, 0.3) is 0 Å². The average molecular weight is 391 g/mol. The van der Waals surface area contributed by atoms with E-state index in [0.717, 1.165) is 26.1 Å². The Labute approximate surface area is 160 Å². The van der Waals surface area contributed by atoms with Gasteiger partial charge in [-0.1, -0.05) is 30.3 Å². The third kappa shape index (κ3) is 5.04. The Morgan fingerprint density at radius 1 is 1.33 bits per heavy atom. The Morgan fingerprint density at radius 2 is 2.07 bits per heavy atom. The van der Waals surface area contributed by atoms with Gasteiger partial charge < -0.3 is 10.4 Å². The first-order valence-electron chi connectivity index (χ1n) is 9.00. The number of anilines is 1. The predicted molar refractivity (Wildman–Crippen MR) is 105 cm³/mol. The van der Waals surface area contributed by atoms with E-state index in [0.29, 0.717) is 11.4 Å². The van der Waals surface area contributed by atoms with Gasteiger partial charge in [0.15, 0.2) is 0 Å². The number of nitrogens with zero attached hydrogens (tertiary/aromatic N) is 2. The number of hydrogen-bond donors (Lipinski definition) is 3. The third-order valence-electron chi connectivity index (χ3n) is 5.03. The predicted octanol–water partition coefficient (Wildman–Crippen LogP) is 1.33. The van der Waals surface area contributed by atoms with Crippen LogP contribution in [0.15, 0.2) is 47.5 Å². The zero-order valence-electron chi connectivity index (χ0n) is 15.4. The minimum absolute atomic E-state index is 0.0275. The first-order valence-corrected chi connectivity index (χ1v) is 10.5. The third-order valence-corrected chi connectivity index (χ3v) is 6.07. The zero-order chi connectivity index (χ0) is 19.4. The fourth-order valence-electron chi connectivity index (χ4n) is 3.55. The van der Waals surface area contributed by atoms with E-state index in [-0.39, 0.29) is 23.5 Å². The topological polar surface area (TPSA) is 109 Å². The van der Waals surface area contributed by atoms with Crippen LogP contribution < -0.4 is 10.5 Å². The molecule has 0 saturated carbocycles. The Morgan fingerprint density at radius 3 is 2.70 bits per heavy atom. The highest BCUT2D eigenvalue weighted by molar-refractivity contribution is 7.89. The molecule has 4 N–H and O–H groups in total. The van der Waals surface area contributed by atoms with Gasteiger partial charge >= 0.3 is 0 Å². The molecule has 1 fully saturated rings. The largest absolute Gasteiger partial charge is 0.396 e. The van der Waals surface area contributed by atoms with Crippen molar-refractivity contribution in [1.29, 1.82) is 0 Å². The molecule has 0 aliphatic carbocycles. The summed E-state index contributed by atoms with van der Waals surface area (Å²) in [4.78, 5) is 6.59. The van der Waals surface area contributed by atoms with Crippen molar-refractivity contribution in [3.63, 3.8) is 0 Å². The maximum Gasteiger partial charge on any atom is 0.239 e. The molecular weight excluding hydrogens is 364 g/mol. The van der Waals surface area contributed by atoms with Crippen LogP contribution in [0.5, 0.6) is 0 Å². The summed E-state index contributed by atoms with van der Waals surface area (Å²) < 4.78 is 23.1. The van der Waals surface area contributed by atoms with Gasteiger partial charge in [0.2, 0.25) is 10.0 Å². The first kappa shape index (κ1) is 19.8. The second-order valence-electron chi connectivity index (χ2n) is 7.08. The second-order valence-corrected chi connectivity index (χ2v) is 8.61. The van der Waals surface area contributed by atoms with Crippen LogP contribution >= 0.6 is 0 Å². The number of pyridine rings is 1. The molecule has 1 saturated heterocycles. The molecule has 0 spiro atoms. The van der Waals surface area contributed by atoms with E-state index in [9.17, 15) is 13.5 Å². The summed E-state index contributed by atoms with van der Waals surface area (Å²) in [7, 11) is -3.78. The minimum Gasteiger partial charge on any atom is -0.396 e. The number of likely N-dealkylation sites (tertiary alicyclic amines) is 1. The van der Waals surface area contributed by atoms with Crippen molar-refractivity contribution >= 4 is 15.8 Å². The highest BCUT2D eigenvalue weighted by atomic mass is 32.2. The van der Waals surface area contributed by atoms with E-state index in [2.05, 4.69) is 27.3 Å². The molecule has 2 unspecified atom stereocenters. The number of aryl methyl sites for hydroxylation is 1. The Bertz CT molecular complexity index is 874. The number of hydrogen-bond acceptors (Lipinski definition) is 6. The Balaban J connectivity index is 1.72. The number of primary sulfonamides is 1. The summed E-state index contributed by atoms with van der Waals surface area (Å²) in [6, 6.07) is 12.0. The number of aromatic nitrogens is 1. The minimum atomic E-state index is -3.78. The molecule has 146 valence electrons. The highest BCUT2D eigenvalue weighted by Gasteiger charge is 2.29. The molecule has 1 aliphatic heterocycles. The van der Waals surface area contributed by atoms with Crippen molar-refractivity contribution in [2.24, 2.45) is 11.1 Å². The second kappa shape index (κ2) is 8.35. The van der Waals surface area contributed by atoms with Crippen LogP contribution in [0.1, 0.15) is 17.5 Å². The van der Waals surface area contributed by atoms with Crippen molar-refractivity contribution in [2.75, 3.05) is 25.0 Å².